The summed E-state index contributed by atoms with van der Waals surface area (Å²) in [5.74, 6) is -2.41. The summed E-state index contributed by atoms with van der Waals surface area (Å²) >= 11 is 0. The molecule has 0 heterocycles. The second-order valence-corrected chi connectivity index (χ2v) is 7.11. The third kappa shape index (κ3) is 2.70. The SMILES string of the molecule is CC(C1CC1)N(C)S(=O)(=O)c1cc(CO)cc(F)c1F. The van der Waals surface area contributed by atoms with Crippen molar-refractivity contribution < 1.29 is 22.3 Å². The molecule has 1 saturated carbocycles. The van der Waals surface area contributed by atoms with Gasteiger partial charge in [0.1, 0.15) is 4.90 Å². The van der Waals surface area contributed by atoms with Gasteiger partial charge >= 0.3 is 0 Å². The Morgan fingerprint density at radius 1 is 1.40 bits per heavy atom. The van der Waals surface area contributed by atoms with Gasteiger partial charge in [0.2, 0.25) is 10.0 Å². The molecule has 1 fully saturated rings. The van der Waals surface area contributed by atoms with Crippen LogP contribution in [0.5, 0.6) is 0 Å². The van der Waals surface area contributed by atoms with Crippen molar-refractivity contribution in [2.24, 2.45) is 5.92 Å². The minimum absolute atomic E-state index is 0.0231. The van der Waals surface area contributed by atoms with E-state index in [1.807, 2.05) is 0 Å². The van der Waals surface area contributed by atoms with Gasteiger partial charge in [-0.3, -0.25) is 0 Å². The summed E-state index contributed by atoms with van der Waals surface area (Å²) < 4.78 is 53.1. The number of rotatable bonds is 5. The molecule has 1 aromatic rings. The molecule has 0 amide bonds. The number of hydrogen-bond donors (Lipinski definition) is 1. The zero-order valence-corrected chi connectivity index (χ0v) is 12.1. The van der Waals surface area contributed by atoms with Crippen molar-refractivity contribution in [3.05, 3.63) is 29.3 Å². The first-order valence-electron chi connectivity index (χ1n) is 6.36. The van der Waals surface area contributed by atoms with Gasteiger partial charge in [-0.15, -0.1) is 0 Å². The number of sulfonamides is 1. The van der Waals surface area contributed by atoms with E-state index in [0.717, 1.165) is 29.3 Å². The van der Waals surface area contributed by atoms with E-state index >= 15 is 0 Å². The van der Waals surface area contributed by atoms with Gasteiger partial charge in [0.05, 0.1) is 6.61 Å². The Morgan fingerprint density at radius 3 is 2.50 bits per heavy atom. The van der Waals surface area contributed by atoms with Crippen molar-refractivity contribution in [2.75, 3.05) is 7.05 Å². The molecule has 0 aliphatic heterocycles. The smallest absolute Gasteiger partial charge is 0.246 e. The minimum atomic E-state index is -4.12. The molecule has 4 nitrogen and oxygen atoms in total. The number of hydrogen-bond acceptors (Lipinski definition) is 3. The first-order chi connectivity index (χ1) is 9.28. The lowest BCUT2D eigenvalue weighted by Gasteiger charge is -2.24. The van der Waals surface area contributed by atoms with E-state index in [9.17, 15) is 17.2 Å². The van der Waals surface area contributed by atoms with Crippen LogP contribution in [0.4, 0.5) is 8.78 Å². The van der Waals surface area contributed by atoms with Crippen LogP contribution in [0.25, 0.3) is 0 Å². The van der Waals surface area contributed by atoms with Crippen LogP contribution in [0.1, 0.15) is 25.3 Å². The summed E-state index contributed by atoms with van der Waals surface area (Å²) in [5.41, 5.74) is 0.0231. The number of halogens is 2. The standard InChI is InChI=1S/C13H17F2NO3S/c1-8(10-3-4-10)16(2)20(18,19)12-6-9(7-17)5-11(14)13(12)15/h5-6,8,10,17H,3-4,7H2,1-2H3. The molecule has 7 heteroatoms. The third-order valence-electron chi connectivity index (χ3n) is 3.77. The fraction of sp³-hybridized carbons (Fsp3) is 0.538. The van der Waals surface area contributed by atoms with E-state index in [-0.39, 0.29) is 17.5 Å². The quantitative estimate of drug-likeness (QED) is 0.903. The van der Waals surface area contributed by atoms with Crippen molar-refractivity contribution in [3.63, 3.8) is 0 Å². The zero-order chi connectivity index (χ0) is 15.1. The summed E-state index contributed by atoms with van der Waals surface area (Å²) in [6, 6.07) is 1.50. The number of aliphatic hydroxyl groups is 1. The van der Waals surface area contributed by atoms with Gasteiger partial charge in [0.15, 0.2) is 11.6 Å². The molecule has 1 unspecified atom stereocenters. The monoisotopic (exact) mass is 305 g/mol. The molecule has 0 aromatic heterocycles. The number of benzene rings is 1. The lowest BCUT2D eigenvalue weighted by molar-refractivity contribution is 0.280. The summed E-state index contributed by atoms with van der Waals surface area (Å²) in [6.45, 7) is 1.20. The first kappa shape index (κ1) is 15.3. The lowest BCUT2D eigenvalue weighted by atomic mass is 10.2. The number of aliphatic hydroxyl groups excluding tert-OH is 1. The van der Waals surface area contributed by atoms with E-state index < -0.39 is 33.2 Å². The highest BCUT2D eigenvalue weighted by Crippen LogP contribution is 2.36. The van der Waals surface area contributed by atoms with Gasteiger partial charge < -0.3 is 5.11 Å². The Morgan fingerprint density at radius 2 is 2.00 bits per heavy atom. The Balaban J connectivity index is 2.45. The highest BCUT2D eigenvalue weighted by Gasteiger charge is 2.37. The van der Waals surface area contributed by atoms with Gasteiger partial charge in [0.25, 0.3) is 0 Å². The molecule has 0 bridgehead atoms. The summed E-state index contributed by atoms with van der Waals surface area (Å²) in [5, 5.41) is 8.99. The fourth-order valence-electron chi connectivity index (χ4n) is 2.15. The van der Waals surface area contributed by atoms with E-state index in [4.69, 9.17) is 5.11 Å². The predicted molar refractivity (Wildman–Crippen MR) is 69.4 cm³/mol. The first-order valence-corrected chi connectivity index (χ1v) is 7.80. The molecule has 2 rings (SSSR count). The van der Waals surface area contributed by atoms with Gasteiger partial charge in [-0.05, 0) is 43.4 Å². The molecule has 1 aromatic carbocycles. The molecule has 0 radical (unpaired) electrons. The van der Waals surface area contributed by atoms with E-state index in [2.05, 4.69) is 0 Å². The topological polar surface area (TPSA) is 57.6 Å². The van der Waals surface area contributed by atoms with E-state index in [1.165, 1.54) is 7.05 Å². The van der Waals surface area contributed by atoms with Gasteiger partial charge in [-0.2, -0.15) is 4.31 Å². The maximum atomic E-state index is 13.8. The van der Waals surface area contributed by atoms with E-state index in [0.29, 0.717) is 0 Å². The van der Waals surface area contributed by atoms with Gasteiger partial charge in [-0.1, -0.05) is 0 Å². The van der Waals surface area contributed by atoms with Crippen molar-refractivity contribution >= 4 is 10.0 Å². The Bertz CT molecular complexity index is 614. The van der Waals surface area contributed by atoms with E-state index in [1.54, 1.807) is 6.92 Å². The second-order valence-electron chi connectivity index (χ2n) is 5.15. The van der Waals surface area contributed by atoms with Crippen LogP contribution in [-0.2, 0) is 16.6 Å². The van der Waals surface area contributed by atoms with Crippen LogP contribution in [0.3, 0.4) is 0 Å². The van der Waals surface area contributed by atoms with Crippen molar-refractivity contribution in [1.29, 1.82) is 0 Å². The molecular formula is C13H17F2NO3S. The molecule has 112 valence electrons. The van der Waals surface area contributed by atoms with Crippen LogP contribution >= 0.6 is 0 Å². The van der Waals surface area contributed by atoms with Crippen LogP contribution < -0.4 is 0 Å². The normalized spacial score (nSPS) is 17.5. The molecule has 0 saturated heterocycles. The Hall–Kier alpha value is -1.05. The van der Waals surface area contributed by atoms with Crippen molar-refractivity contribution in [3.8, 4) is 0 Å². The Kier molecular flexibility index (Phi) is 4.13. The molecule has 1 N–H and O–H groups in total. The molecule has 1 aliphatic rings. The molecule has 1 aliphatic carbocycles. The lowest BCUT2D eigenvalue weighted by Crippen LogP contribution is -2.37. The van der Waals surface area contributed by atoms with Crippen molar-refractivity contribution in [2.45, 2.75) is 37.3 Å². The summed E-state index contributed by atoms with van der Waals surface area (Å²) in [6.07, 6.45) is 1.88. The van der Waals surface area contributed by atoms with Crippen LogP contribution in [0.2, 0.25) is 0 Å². The van der Waals surface area contributed by atoms with Crippen LogP contribution in [-0.4, -0.2) is 30.9 Å². The highest BCUT2D eigenvalue weighted by molar-refractivity contribution is 7.89. The zero-order valence-electron chi connectivity index (χ0n) is 11.3. The molecule has 20 heavy (non-hydrogen) atoms. The van der Waals surface area contributed by atoms with Crippen LogP contribution in [0.15, 0.2) is 17.0 Å². The van der Waals surface area contributed by atoms with Gasteiger partial charge in [-0.25, -0.2) is 17.2 Å². The molecule has 1 atom stereocenters. The summed E-state index contributed by atoms with van der Waals surface area (Å²) in [4.78, 5) is -0.725. The third-order valence-corrected chi connectivity index (χ3v) is 5.72. The summed E-state index contributed by atoms with van der Waals surface area (Å²) in [7, 11) is -2.76. The largest absolute Gasteiger partial charge is 0.392 e. The van der Waals surface area contributed by atoms with Crippen molar-refractivity contribution in [1.82, 2.24) is 4.31 Å². The second kappa shape index (κ2) is 5.38. The average Bonchev–Trinajstić information content (AvgIpc) is 3.24. The molecular weight excluding hydrogens is 288 g/mol. The van der Waals surface area contributed by atoms with Gasteiger partial charge in [0, 0.05) is 13.1 Å². The number of nitrogens with zero attached hydrogens (tertiary/aromatic N) is 1. The fourth-order valence-corrected chi connectivity index (χ4v) is 3.69. The predicted octanol–water partition coefficient (Wildman–Crippen LogP) is 1.88. The minimum Gasteiger partial charge on any atom is -0.392 e. The highest BCUT2D eigenvalue weighted by atomic mass is 32.2. The Labute approximate surface area is 117 Å². The van der Waals surface area contributed by atoms with Crippen LogP contribution in [0, 0.1) is 17.6 Å². The average molecular weight is 305 g/mol. The maximum Gasteiger partial charge on any atom is 0.246 e. The molecule has 0 spiro atoms. The maximum absolute atomic E-state index is 13.8.